The zero-order valence-electron chi connectivity index (χ0n) is 10.9. The molecule has 2 heterocycles. The van der Waals surface area contributed by atoms with Gasteiger partial charge in [-0.15, -0.1) is 0 Å². The Morgan fingerprint density at radius 2 is 2.18 bits per heavy atom. The van der Waals surface area contributed by atoms with Gasteiger partial charge in [0.2, 0.25) is 0 Å². The molecule has 2 fully saturated rings. The van der Waals surface area contributed by atoms with Gasteiger partial charge < -0.3 is 9.84 Å². The Balaban J connectivity index is 2.13. The average molecular weight is 241 g/mol. The molecule has 0 aliphatic carbocycles. The van der Waals surface area contributed by atoms with E-state index < -0.39 is 5.97 Å². The molecule has 4 nitrogen and oxygen atoms in total. The van der Waals surface area contributed by atoms with E-state index in [1.165, 1.54) is 0 Å². The number of carboxylic acid groups (broad SMARTS) is 1. The van der Waals surface area contributed by atoms with Crippen LogP contribution in [0.15, 0.2) is 0 Å². The van der Waals surface area contributed by atoms with Crippen LogP contribution in [0.4, 0.5) is 0 Å². The number of nitrogens with zero attached hydrogens (tertiary/aromatic N) is 1. The van der Waals surface area contributed by atoms with Crippen LogP contribution in [0, 0.1) is 11.8 Å². The minimum atomic E-state index is -0.623. The summed E-state index contributed by atoms with van der Waals surface area (Å²) in [6, 6.07) is 1.06. The van der Waals surface area contributed by atoms with Crippen LogP contribution in [0.25, 0.3) is 0 Å². The average Bonchev–Trinajstić information content (AvgIpc) is 2.82. The van der Waals surface area contributed by atoms with Gasteiger partial charge in [-0.3, -0.25) is 9.69 Å². The first-order chi connectivity index (χ1) is 8.06. The number of ether oxygens (including phenoxy) is 1. The minimum Gasteiger partial charge on any atom is -0.481 e. The molecule has 0 saturated carbocycles. The van der Waals surface area contributed by atoms with E-state index in [1.807, 2.05) is 0 Å². The number of aliphatic carboxylic acids is 1. The number of carboxylic acids is 1. The second-order valence-corrected chi connectivity index (χ2v) is 5.69. The normalized spacial score (nSPS) is 34.5. The predicted molar refractivity (Wildman–Crippen MR) is 64.9 cm³/mol. The number of methoxy groups -OCH3 is 1. The topological polar surface area (TPSA) is 49.8 Å². The number of fused-ring (bicyclic) bond motifs is 2. The quantitative estimate of drug-likeness (QED) is 0.794. The van der Waals surface area contributed by atoms with Crippen molar-refractivity contribution in [2.24, 2.45) is 11.8 Å². The van der Waals surface area contributed by atoms with E-state index in [4.69, 9.17) is 4.74 Å². The molecule has 0 spiro atoms. The third-order valence-corrected chi connectivity index (χ3v) is 4.40. The number of hydrogen-bond acceptors (Lipinski definition) is 3. The van der Waals surface area contributed by atoms with Gasteiger partial charge in [0.15, 0.2) is 0 Å². The smallest absolute Gasteiger partial charge is 0.308 e. The molecule has 4 unspecified atom stereocenters. The zero-order chi connectivity index (χ0) is 12.6. The molecule has 2 bridgehead atoms. The standard InChI is InChI=1S/C13H23NO3/c1-8(2)12(7-17-3)14-9-4-5-11(14)10(6-9)13(15)16/h8-12H,4-7H2,1-3H3,(H,15,16). The molecule has 17 heavy (non-hydrogen) atoms. The highest BCUT2D eigenvalue weighted by atomic mass is 16.5. The summed E-state index contributed by atoms with van der Waals surface area (Å²) in [7, 11) is 1.72. The third kappa shape index (κ3) is 2.20. The van der Waals surface area contributed by atoms with Crippen molar-refractivity contribution in [1.29, 1.82) is 0 Å². The van der Waals surface area contributed by atoms with Crippen LogP contribution in [0.1, 0.15) is 33.1 Å². The van der Waals surface area contributed by atoms with Crippen molar-refractivity contribution in [2.75, 3.05) is 13.7 Å². The maximum atomic E-state index is 11.2. The fraction of sp³-hybridized carbons (Fsp3) is 0.923. The van der Waals surface area contributed by atoms with E-state index in [1.54, 1.807) is 7.11 Å². The van der Waals surface area contributed by atoms with E-state index in [2.05, 4.69) is 18.7 Å². The Morgan fingerprint density at radius 3 is 2.65 bits per heavy atom. The predicted octanol–water partition coefficient (Wildman–Crippen LogP) is 1.59. The zero-order valence-corrected chi connectivity index (χ0v) is 10.9. The largest absolute Gasteiger partial charge is 0.481 e. The van der Waals surface area contributed by atoms with Crippen LogP contribution in [0.3, 0.4) is 0 Å². The van der Waals surface area contributed by atoms with Crippen molar-refractivity contribution in [3.05, 3.63) is 0 Å². The van der Waals surface area contributed by atoms with Gasteiger partial charge in [-0.1, -0.05) is 13.8 Å². The van der Waals surface area contributed by atoms with Gasteiger partial charge >= 0.3 is 5.97 Å². The van der Waals surface area contributed by atoms with Gasteiger partial charge in [-0.05, 0) is 25.2 Å². The highest BCUT2D eigenvalue weighted by Crippen LogP contribution is 2.44. The molecule has 2 aliphatic rings. The Morgan fingerprint density at radius 1 is 1.47 bits per heavy atom. The van der Waals surface area contributed by atoms with Crippen molar-refractivity contribution < 1.29 is 14.6 Å². The molecular formula is C13H23NO3. The molecule has 1 N–H and O–H groups in total. The summed E-state index contributed by atoms with van der Waals surface area (Å²) >= 11 is 0. The van der Waals surface area contributed by atoms with Gasteiger partial charge in [0, 0.05) is 25.2 Å². The summed E-state index contributed by atoms with van der Waals surface area (Å²) in [5.41, 5.74) is 0. The van der Waals surface area contributed by atoms with Crippen molar-refractivity contribution in [3.8, 4) is 0 Å². The maximum absolute atomic E-state index is 11.2. The number of hydrogen-bond donors (Lipinski definition) is 1. The summed E-state index contributed by atoms with van der Waals surface area (Å²) in [6.07, 6.45) is 3.02. The van der Waals surface area contributed by atoms with Gasteiger partial charge in [0.25, 0.3) is 0 Å². The fourth-order valence-corrected chi connectivity index (χ4v) is 3.61. The lowest BCUT2D eigenvalue weighted by atomic mass is 9.89. The van der Waals surface area contributed by atoms with E-state index in [9.17, 15) is 9.90 Å². The molecule has 98 valence electrons. The van der Waals surface area contributed by atoms with E-state index in [0.29, 0.717) is 24.6 Å². The lowest BCUT2D eigenvalue weighted by Crippen LogP contribution is -2.46. The second kappa shape index (κ2) is 4.94. The summed E-state index contributed by atoms with van der Waals surface area (Å²) in [4.78, 5) is 13.7. The van der Waals surface area contributed by atoms with Crippen molar-refractivity contribution >= 4 is 5.97 Å². The maximum Gasteiger partial charge on any atom is 0.308 e. The molecule has 2 aliphatic heterocycles. The molecule has 2 saturated heterocycles. The Hall–Kier alpha value is -0.610. The molecule has 2 rings (SSSR count). The van der Waals surface area contributed by atoms with Crippen LogP contribution in [-0.4, -0.2) is 47.8 Å². The molecule has 0 aromatic rings. The van der Waals surface area contributed by atoms with Crippen molar-refractivity contribution in [2.45, 2.75) is 51.2 Å². The molecule has 0 aromatic carbocycles. The highest BCUT2D eigenvalue weighted by molar-refractivity contribution is 5.71. The van der Waals surface area contributed by atoms with Crippen LogP contribution < -0.4 is 0 Å². The summed E-state index contributed by atoms with van der Waals surface area (Å²) in [5.74, 6) is -0.278. The summed E-state index contributed by atoms with van der Waals surface area (Å²) < 4.78 is 5.31. The van der Waals surface area contributed by atoms with E-state index >= 15 is 0 Å². The molecular weight excluding hydrogens is 218 g/mol. The molecule has 0 amide bonds. The van der Waals surface area contributed by atoms with Crippen molar-refractivity contribution in [3.63, 3.8) is 0 Å². The van der Waals surface area contributed by atoms with Crippen LogP contribution >= 0.6 is 0 Å². The van der Waals surface area contributed by atoms with E-state index in [-0.39, 0.29) is 12.0 Å². The number of carbonyl (C=O) groups is 1. The van der Waals surface area contributed by atoms with Gasteiger partial charge in [-0.2, -0.15) is 0 Å². The van der Waals surface area contributed by atoms with Crippen LogP contribution in [-0.2, 0) is 9.53 Å². The monoisotopic (exact) mass is 241 g/mol. The summed E-state index contributed by atoms with van der Waals surface area (Å²) in [5, 5.41) is 9.25. The van der Waals surface area contributed by atoms with E-state index in [0.717, 1.165) is 19.3 Å². The minimum absolute atomic E-state index is 0.160. The van der Waals surface area contributed by atoms with Gasteiger partial charge in [-0.25, -0.2) is 0 Å². The molecule has 4 atom stereocenters. The van der Waals surface area contributed by atoms with Crippen molar-refractivity contribution in [1.82, 2.24) is 4.90 Å². The molecule has 0 radical (unpaired) electrons. The Labute approximate surface area is 103 Å². The van der Waals surface area contributed by atoms with Gasteiger partial charge in [0.05, 0.1) is 12.5 Å². The highest BCUT2D eigenvalue weighted by Gasteiger charge is 2.51. The Kier molecular flexibility index (Phi) is 3.73. The van der Waals surface area contributed by atoms with Crippen LogP contribution in [0.5, 0.6) is 0 Å². The molecule has 4 heteroatoms. The molecule has 0 aromatic heterocycles. The SMILES string of the molecule is COCC(C(C)C)N1C2CCC1C(C(=O)O)C2. The first kappa shape index (κ1) is 12.8. The first-order valence-electron chi connectivity index (χ1n) is 6.55. The van der Waals surface area contributed by atoms with Gasteiger partial charge in [0.1, 0.15) is 0 Å². The lowest BCUT2D eigenvalue weighted by molar-refractivity contribution is -0.142. The van der Waals surface area contributed by atoms with Crippen LogP contribution in [0.2, 0.25) is 0 Å². The number of rotatable bonds is 5. The Bertz CT molecular complexity index is 292. The fourth-order valence-electron chi connectivity index (χ4n) is 3.61. The lowest BCUT2D eigenvalue weighted by Gasteiger charge is -2.34. The summed E-state index contributed by atoms with van der Waals surface area (Å²) in [6.45, 7) is 5.09. The third-order valence-electron chi connectivity index (χ3n) is 4.40. The first-order valence-corrected chi connectivity index (χ1v) is 6.55. The second-order valence-electron chi connectivity index (χ2n) is 5.69.